The van der Waals surface area contributed by atoms with Crippen LogP contribution >= 0.6 is 15.9 Å². The van der Waals surface area contributed by atoms with Crippen molar-refractivity contribution in [1.82, 2.24) is 0 Å². The van der Waals surface area contributed by atoms with Crippen molar-refractivity contribution in [2.45, 2.75) is 6.42 Å². The zero-order chi connectivity index (χ0) is 10.4. The molecule has 2 N–H and O–H groups in total. The van der Waals surface area contributed by atoms with Gasteiger partial charge in [0.05, 0.1) is 5.69 Å². The minimum absolute atomic E-state index is 0.878. The SMILES string of the molecule is Nc1c(Br)ccc2c1Cc1ccccc1-2. The van der Waals surface area contributed by atoms with E-state index in [9.17, 15) is 0 Å². The summed E-state index contributed by atoms with van der Waals surface area (Å²) in [6.45, 7) is 0. The van der Waals surface area contributed by atoms with Crippen molar-refractivity contribution in [2.24, 2.45) is 0 Å². The van der Waals surface area contributed by atoms with E-state index in [1.54, 1.807) is 0 Å². The van der Waals surface area contributed by atoms with Crippen LogP contribution < -0.4 is 5.73 Å². The zero-order valence-corrected chi connectivity index (χ0v) is 9.71. The molecule has 2 aromatic rings. The van der Waals surface area contributed by atoms with Gasteiger partial charge in [-0.1, -0.05) is 30.3 Å². The molecule has 0 fully saturated rings. The van der Waals surface area contributed by atoms with E-state index in [0.717, 1.165) is 16.6 Å². The van der Waals surface area contributed by atoms with Crippen molar-refractivity contribution in [2.75, 3.05) is 5.73 Å². The molecule has 0 spiro atoms. The molecule has 3 rings (SSSR count). The van der Waals surface area contributed by atoms with Crippen molar-refractivity contribution in [3.8, 4) is 11.1 Å². The Kier molecular flexibility index (Phi) is 1.86. The smallest absolute Gasteiger partial charge is 0.0500 e. The third-order valence-electron chi connectivity index (χ3n) is 2.98. The molecular weight excluding hydrogens is 250 g/mol. The Labute approximate surface area is 97.1 Å². The average Bonchev–Trinajstić information content (AvgIpc) is 2.63. The van der Waals surface area contributed by atoms with Gasteiger partial charge in [0.15, 0.2) is 0 Å². The molecule has 0 amide bonds. The van der Waals surface area contributed by atoms with E-state index < -0.39 is 0 Å². The fourth-order valence-corrected chi connectivity index (χ4v) is 2.58. The van der Waals surface area contributed by atoms with E-state index in [4.69, 9.17) is 5.73 Å². The summed E-state index contributed by atoms with van der Waals surface area (Å²) in [6.07, 6.45) is 0.955. The quantitative estimate of drug-likeness (QED) is 0.614. The van der Waals surface area contributed by atoms with Gasteiger partial charge in [-0.2, -0.15) is 0 Å². The molecular formula is C13H10BrN. The van der Waals surface area contributed by atoms with Crippen LogP contribution in [0.4, 0.5) is 5.69 Å². The molecule has 0 saturated carbocycles. The third-order valence-corrected chi connectivity index (χ3v) is 3.67. The molecule has 74 valence electrons. The highest BCUT2D eigenvalue weighted by atomic mass is 79.9. The molecule has 15 heavy (non-hydrogen) atoms. The molecule has 0 heterocycles. The summed E-state index contributed by atoms with van der Waals surface area (Å²) in [6, 6.07) is 12.6. The number of fused-ring (bicyclic) bond motifs is 3. The molecule has 0 aliphatic heterocycles. The van der Waals surface area contributed by atoms with Crippen molar-refractivity contribution in [3.63, 3.8) is 0 Å². The largest absolute Gasteiger partial charge is 0.398 e. The molecule has 2 heteroatoms. The Morgan fingerprint density at radius 3 is 2.67 bits per heavy atom. The third kappa shape index (κ3) is 1.21. The first-order chi connectivity index (χ1) is 7.27. The summed E-state index contributed by atoms with van der Waals surface area (Å²) in [5.41, 5.74) is 12.2. The van der Waals surface area contributed by atoms with Gasteiger partial charge in [0, 0.05) is 10.9 Å². The van der Waals surface area contributed by atoms with Gasteiger partial charge >= 0.3 is 0 Å². The van der Waals surface area contributed by atoms with Crippen LogP contribution in [0.3, 0.4) is 0 Å². The molecule has 0 saturated heterocycles. The average molecular weight is 260 g/mol. The van der Waals surface area contributed by atoms with Gasteiger partial charge in [-0.15, -0.1) is 0 Å². The number of hydrogen-bond donors (Lipinski definition) is 1. The van der Waals surface area contributed by atoms with Crippen LogP contribution in [-0.4, -0.2) is 0 Å². The highest BCUT2D eigenvalue weighted by molar-refractivity contribution is 9.10. The van der Waals surface area contributed by atoms with Gasteiger partial charge in [0.2, 0.25) is 0 Å². The highest BCUT2D eigenvalue weighted by Gasteiger charge is 2.20. The van der Waals surface area contributed by atoms with Crippen LogP contribution in [0.15, 0.2) is 40.9 Å². The summed E-state index contributed by atoms with van der Waals surface area (Å²) >= 11 is 3.47. The molecule has 1 aliphatic carbocycles. The summed E-state index contributed by atoms with van der Waals surface area (Å²) in [4.78, 5) is 0. The van der Waals surface area contributed by atoms with Crippen molar-refractivity contribution < 1.29 is 0 Å². The van der Waals surface area contributed by atoms with E-state index in [0.29, 0.717) is 0 Å². The number of benzene rings is 2. The molecule has 0 radical (unpaired) electrons. The molecule has 1 nitrogen and oxygen atoms in total. The minimum Gasteiger partial charge on any atom is -0.398 e. The molecule has 0 aromatic heterocycles. The normalized spacial score (nSPS) is 12.3. The Balaban J connectivity index is 2.31. The maximum absolute atomic E-state index is 6.07. The van der Waals surface area contributed by atoms with Crippen LogP contribution in [-0.2, 0) is 6.42 Å². The van der Waals surface area contributed by atoms with Crippen molar-refractivity contribution >= 4 is 21.6 Å². The van der Waals surface area contributed by atoms with Gasteiger partial charge < -0.3 is 5.73 Å². The number of nitrogen functional groups attached to an aromatic ring is 1. The topological polar surface area (TPSA) is 26.0 Å². The number of halogens is 1. The van der Waals surface area contributed by atoms with Crippen molar-refractivity contribution in [1.29, 1.82) is 0 Å². The van der Waals surface area contributed by atoms with E-state index >= 15 is 0 Å². The second-order valence-electron chi connectivity index (χ2n) is 3.82. The second-order valence-corrected chi connectivity index (χ2v) is 4.68. The molecule has 0 atom stereocenters. The number of rotatable bonds is 0. The number of hydrogen-bond acceptors (Lipinski definition) is 1. The zero-order valence-electron chi connectivity index (χ0n) is 8.13. The minimum atomic E-state index is 0.878. The lowest BCUT2D eigenvalue weighted by molar-refractivity contribution is 1.26. The standard InChI is InChI=1S/C13H10BrN/c14-12-6-5-10-9-4-2-1-3-8(9)7-11(10)13(12)15/h1-6H,7,15H2. The summed E-state index contributed by atoms with van der Waals surface area (Å²) in [7, 11) is 0. The van der Waals surface area contributed by atoms with Crippen LogP contribution in [0.5, 0.6) is 0 Å². The van der Waals surface area contributed by atoms with Crippen LogP contribution in [0.1, 0.15) is 11.1 Å². The maximum Gasteiger partial charge on any atom is 0.0500 e. The van der Waals surface area contributed by atoms with E-state index in [2.05, 4.69) is 46.3 Å². The Morgan fingerprint density at radius 2 is 1.80 bits per heavy atom. The Morgan fingerprint density at radius 1 is 1.00 bits per heavy atom. The predicted octanol–water partition coefficient (Wildman–Crippen LogP) is 3.60. The molecule has 1 aliphatic rings. The highest BCUT2D eigenvalue weighted by Crippen LogP contribution is 2.41. The van der Waals surface area contributed by atoms with E-state index in [-0.39, 0.29) is 0 Å². The summed E-state index contributed by atoms with van der Waals surface area (Å²) in [5, 5.41) is 0. The first kappa shape index (κ1) is 8.98. The lowest BCUT2D eigenvalue weighted by Crippen LogP contribution is -1.93. The molecule has 2 aromatic carbocycles. The van der Waals surface area contributed by atoms with E-state index in [1.165, 1.54) is 22.3 Å². The van der Waals surface area contributed by atoms with Gasteiger partial charge in [-0.05, 0) is 44.3 Å². The number of nitrogens with two attached hydrogens (primary N) is 1. The fraction of sp³-hybridized carbons (Fsp3) is 0.0769. The maximum atomic E-state index is 6.07. The Bertz CT molecular complexity index is 546. The van der Waals surface area contributed by atoms with Crippen LogP contribution in [0.25, 0.3) is 11.1 Å². The molecule has 0 unspecified atom stereocenters. The Hall–Kier alpha value is -1.28. The predicted molar refractivity (Wildman–Crippen MR) is 66.8 cm³/mol. The van der Waals surface area contributed by atoms with Gasteiger partial charge in [0.1, 0.15) is 0 Å². The lowest BCUT2D eigenvalue weighted by atomic mass is 10.1. The van der Waals surface area contributed by atoms with Gasteiger partial charge in [-0.25, -0.2) is 0 Å². The first-order valence-electron chi connectivity index (χ1n) is 4.92. The first-order valence-corrected chi connectivity index (χ1v) is 5.72. The number of anilines is 1. The fourth-order valence-electron chi connectivity index (χ4n) is 2.21. The van der Waals surface area contributed by atoms with E-state index in [1.807, 2.05) is 6.07 Å². The summed E-state index contributed by atoms with van der Waals surface area (Å²) in [5.74, 6) is 0. The summed E-state index contributed by atoms with van der Waals surface area (Å²) < 4.78 is 0.994. The van der Waals surface area contributed by atoms with Crippen molar-refractivity contribution in [3.05, 3.63) is 52.0 Å². The second kappa shape index (κ2) is 3.11. The molecule has 0 bridgehead atoms. The lowest BCUT2D eigenvalue weighted by Gasteiger charge is -2.05. The monoisotopic (exact) mass is 259 g/mol. The van der Waals surface area contributed by atoms with Gasteiger partial charge in [-0.3, -0.25) is 0 Å². The van der Waals surface area contributed by atoms with Gasteiger partial charge in [0.25, 0.3) is 0 Å². The van der Waals surface area contributed by atoms with Crippen LogP contribution in [0, 0.1) is 0 Å². The van der Waals surface area contributed by atoms with Crippen LogP contribution in [0.2, 0.25) is 0 Å².